The minimum absolute atomic E-state index is 0.208. The lowest BCUT2D eigenvalue weighted by Gasteiger charge is -2.17. The molecule has 0 saturated heterocycles. The summed E-state index contributed by atoms with van der Waals surface area (Å²) >= 11 is 7.75. The highest BCUT2D eigenvalue weighted by Crippen LogP contribution is 2.35. The Morgan fingerprint density at radius 1 is 1.17 bits per heavy atom. The molecule has 0 bridgehead atoms. The number of aromatic hydroxyl groups is 1. The molecule has 0 spiro atoms. The summed E-state index contributed by atoms with van der Waals surface area (Å²) in [7, 11) is 0. The van der Waals surface area contributed by atoms with Crippen molar-refractivity contribution in [3.63, 3.8) is 0 Å². The second-order valence-corrected chi connectivity index (χ2v) is 6.79. The number of phenols is 1. The maximum atomic E-state index is 9.59. The molecular formula is C17H14ClN3O2S. The van der Waals surface area contributed by atoms with Gasteiger partial charge in [-0.25, -0.2) is 0 Å². The fraction of sp³-hybridized carbons (Fsp3) is 0.176. The summed E-state index contributed by atoms with van der Waals surface area (Å²) in [6.45, 7) is 1.89. The summed E-state index contributed by atoms with van der Waals surface area (Å²) in [5.74, 6) is 0.924. The van der Waals surface area contributed by atoms with Crippen LogP contribution in [0.5, 0.6) is 11.5 Å². The van der Waals surface area contributed by atoms with E-state index in [0.29, 0.717) is 30.5 Å². The molecule has 0 radical (unpaired) electrons. The number of hydrogen-bond acceptors (Lipinski definition) is 6. The zero-order valence-corrected chi connectivity index (χ0v) is 14.2. The summed E-state index contributed by atoms with van der Waals surface area (Å²) < 4.78 is 5.73. The lowest BCUT2D eigenvalue weighted by atomic mass is 10.2. The molecule has 1 aliphatic rings. The molecule has 1 aromatic heterocycles. The van der Waals surface area contributed by atoms with Crippen molar-refractivity contribution in [3.8, 4) is 22.1 Å². The number of hydrogen-bond donors (Lipinski definition) is 1. The average molecular weight is 360 g/mol. The first-order valence-corrected chi connectivity index (χ1v) is 8.68. The van der Waals surface area contributed by atoms with Crippen LogP contribution in [0.1, 0.15) is 5.56 Å². The van der Waals surface area contributed by atoms with E-state index in [-0.39, 0.29) is 5.75 Å². The summed E-state index contributed by atoms with van der Waals surface area (Å²) in [6, 6.07) is 12.8. The van der Waals surface area contributed by atoms with Crippen LogP contribution in [0.25, 0.3) is 10.6 Å². The van der Waals surface area contributed by atoms with Crippen molar-refractivity contribution in [1.29, 1.82) is 0 Å². The molecular weight excluding hydrogens is 346 g/mol. The van der Waals surface area contributed by atoms with Crippen LogP contribution in [0.4, 0.5) is 5.13 Å². The number of aromatic nitrogens is 2. The molecule has 1 aliphatic heterocycles. The van der Waals surface area contributed by atoms with E-state index >= 15 is 0 Å². The Morgan fingerprint density at radius 3 is 2.92 bits per heavy atom. The van der Waals surface area contributed by atoms with Gasteiger partial charge in [-0.2, -0.15) is 0 Å². The van der Waals surface area contributed by atoms with E-state index in [4.69, 9.17) is 16.3 Å². The third-order valence-corrected chi connectivity index (χ3v) is 5.17. The van der Waals surface area contributed by atoms with E-state index in [1.807, 2.05) is 30.3 Å². The monoisotopic (exact) mass is 359 g/mol. The number of anilines is 1. The Labute approximate surface area is 148 Å². The highest BCUT2D eigenvalue weighted by atomic mass is 35.5. The zero-order valence-electron chi connectivity index (χ0n) is 12.6. The molecule has 0 fully saturated rings. The van der Waals surface area contributed by atoms with E-state index in [1.54, 1.807) is 12.1 Å². The molecule has 0 unspecified atom stereocenters. The normalized spacial score (nSPS) is 14.0. The molecule has 2 aromatic carbocycles. The van der Waals surface area contributed by atoms with Crippen LogP contribution in [0, 0.1) is 0 Å². The molecule has 0 aliphatic carbocycles. The lowest BCUT2D eigenvalue weighted by Crippen LogP contribution is -2.25. The van der Waals surface area contributed by atoms with Crippen molar-refractivity contribution in [2.24, 2.45) is 0 Å². The molecule has 0 amide bonds. The van der Waals surface area contributed by atoms with E-state index in [1.165, 1.54) is 11.3 Å². The Kier molecular flexibility index (Phi) is 4.00. The number of ether oxygens (including phenoxy) is 1. The van der Waals surface area contributed by atoms with Crippen LogP contribution in [0.15, 0.2) is 42.5 Å². The fourth-order valence-corrected chi connectivity index (χ4v) is 3.80. The standard InChI is InChI=1S/C17H14ClN3O2S/c18-14-4-2-1-3-13(14)16-19-20-17(24-16)21-7-8-23-15-9-12(22)6-5-11(15)10-21/h1-6,9,22H,7-8,10H2. The van der Waals surface area contributed by atoms with E-state index in [9.17, 15) is 5.11 Å². The van der Waals surface area contributed by atoms with Crippen LogP contribution < -0.4 is 9.64 Å². The van der Waals surface area contributed by atoms with Gasteiger partial charge in [-0.05, 0) is 18.2 Å². The van der Waals surface area contributed by atoms with Gasteiger partial charge in [0.25, 0.3) is 0 Å². The smallest absolute Gasteiger partial charge is 0.209 e. The second-order valence-electron chi connectivity index (χ2n) is 5.43. The number of halogens is 1. The van der Waals surface area contributed by atoms with Gasteiger partial charge in [0.05, 0.1) is 11.6 Å². The second kappa shape index (κ2) is 6.30. The Hall–Kier alpha value is -2.31. The molecule has 1 N–H and O–H groups in total. The molecule has 3 aromatic rings. The van der Waals surface area contributed by atoms with Crippen molar-refractivity contribution in [2.45, 2.75) is 6.54 Å². The summed E-state index contributed by atoms with van der Waals surface area (Å²) in [5.41, 5.74) is 1.90. The zero-order chi connectivity index (χ0) is 16.5. The number of phenolic OH excluding ortho intramolecular Hbond substituents is 1. The van der Waals surface area contributed by atoms with Crippen LogP contribution in [0.2, 0.25) is 5.02 Å². The van der Waals surface area contributed by atoms with Gasteiger partial charge in [0.1, 0.15) is 18.1 Å². The van der Waals surface area contributed by atoms with Gasteiger partial charge in [0, 0.05) is 23.7 Å². The third-order valence-electron chi connectivity index (χ3n) is 3.82. The van der Waals surface area contributed by atoms with Crippen molar-refractivity contribution in [2.75, 3.05) is 18.1 Å². The average Bonchev–Trinajstić information content (AvgIpc) is 2.96. The van der Waals surface area contributed by atoms with Gasteiger partial charge in [-0.15, -0.1) is 10.2 Å². The van der Waals surface area contributed by atoms with E-state index < -0.39 is 0 Å². The van der Waals surface area contributed by atoms with E-state index in [0.717, 1.165) is 21.3 Å². The van der Waals surface area contributed by atoms with Gasteiger partial charge in [-0.3, -0.25) is 0 Å². The fourth-order valence-electron chi connectivity index (χ4n) is 2.61. The van der Waals surface area contributed by atoms with Crippen LogP contribution in [-0.2, 0) is 6.54 Å². The van der Waals surface area contributed by atoms with Crippen LogP contribution in [-0.4, -0.2) is 28.5 Å². The van der Waals surface area contributed by atoms with Crippen molar-refractivity contribution in [3.05, 3.63) is 53.1 Å². The molecule has 0 saturated carbocycles. The molecule has 0 atom stereocenters. The molecule has 24 heavy (non-hydrogen) atoms. The summed E-state index contributed by atoms with van der Waals surface area (Å²) in [5, 5.41) is 20.5. The third kappa shape index (κ3) is 2.90. The lowest BCUT2D eigenvalue weighted by molar-refractivity contribution is 0.329. The first kappa shape index (κ1) is 15.2. The molecule has 4 rings (SSSR count). The number of rotatable bonds is 2. The van der Waals surface area contributed by atoms with Crippen LogP contribution in [0.3, 0.4) is 0 Å². The van der Waals surface area contributed by atoms with Crippen LogP contribution >= 0.6 is 22.9 Å². The van der Waals surface area contributed by atoms with Crippen molar-refractivity contribution >= 4 is 28.1 Å². The maximum absolute atomic E-state index is 9.59. The highest BCUT2D eigenvalue weighted by molar-refractivity contribution is 7.18. The van der Waals surface area contributed by atoms with Gasteiger partial charge in [0.2, 0.25) is 5.13 Å². The highest BCUT2D eigenvalue weighted by Gasteiger charge is 2.20. The van der Waals surface area contributed by atoms with Gasteiger partial charge >= 0.3 is 0 Å². The predicted molar refractivity (Wildman–Crippen MR) is 95.0 cm³/mol. The minimum Gasteiger partial charge on any atom is -0.508 e. The number of nitrogens with zero attached hydrogens (tertiary/aromatic N) is 3. The first-order valence-electron chi connectivity index (χ1n) is 7.49. The SMILES string of the molecule is Oc1ccc2c(c1)OCCN(c1nnc(-c3ccccc3Cl)s1)C2. The Balaban J connectivity index is 1.63. The quantitative estimate of drug-likeness (QED) is 0.750. The number of benzene rings is 2. The molecule has 5 nitrogen and oxygen atoms in total. The first-order chi connectivity index (χ1) is 11.7. The van der Waals surface area contributed by atoms with Gasteiger partial charge in [0.15, 0.2) is 5.01 Å². The molecule has 7 heteroatoms. The van der Waals surface area contributed by atoms with Gasteiger partial charge < -0.3 is 14.7 Å². The van der Waals surface area contributed by atoms with Crippen molar-refractivity contribution < 1.29 is 9.84 Å². The Morgan fingerprint density at radius 2 is 2.04 bits per heavy atom. The topological polar surface area (TPSA) is 58.5 Å². The molecule has 122 valence electrons. The van der Waals surface area contributed by atoms with Gasteiger partial charge in [-0.1, -0.05) is 41.1 Å². The maximum Gasteiger partial charge on any atom is 0.209 e. The van der Waals surface area contributed by atoms with Crippen molar-refractivity contribution in [1.82, 2.24) is 10.2 Å². The predicted octanol–water partition coefficient (Wildman–Crippen LogP) is 3.96. The van der Waals surface area contributed by atoms with E-state index in [2.05, 4.69) is 15.1 Å². The Bertz CT molecular complexity index is 884. The number of fused-ring (bicyclic) bond motifs is 1. The minimum atomic E-state index is 0.208. The largest absolute Gasteiger partial charge is 0.508 e. The molecule has 2 heterocycles. The summed E-state index contributed by atoms with van der Waals surface area (Å²) in [4.78, 5) is 2.13. The summed E-state index contributed by atoms with van der Waals surface area (Å²) in [6.07, 6.45) is 0.